The zero-order valence-electron chi connectivity index (χ0n) is 9.00. The van der Waals surface area contributed by atoms with Crippen molar-refractivity contribution >= 4 is 8.80 Å². The van der Waals surface area contributed by atoms with E-state index in [4.69, 9.17) is 13.3 Å². The van der Waals surface area contributed by atoms with E-state index in [-0.39, 0.29) is 0 Å². The average molecular weight is 204 g/mol. The first-order valence-electron chi connectivity index (χ1n) is 4.57. The highest BCUT2D eigenvalue weighted by atomic mass is 28.4. The van der Waals surface area contributed by atoms with Crippen LogP contribution >= 0.6 is 0 Å². The Morgan fingerprint density at radius 1 is 1.08 bits per heavy atom. The third-order valence-electron chi connectivity index (χ3n) is 1.90. The Labute approximate surface area is 82.1 Å². The van der Waals surface area contributed by atoms with Crippen LogP contribution in [0.25, 0.3) is 0 Å². The van der Waals surface area contributed by atoms with E-state index < -0.39 is 8.80 Å². The lowest BCUT2D eigenvalue weighted by atomic mass is 10.2. The molecular weight excluding hydrogens is 184 g/mol. The van der Waals surface area contributed by atoms with Crippen molar-refractivity contribution in [2.75, 3.05) is 21.3 Å². The van der Waals surface area contributed by atoms with Crippen LogP contribution in [-0.4, -0.2) is 30.1 Å². The highest BCUT2D eigenvalue weighted by molar-refractivity contribution is 6.66. The van der Waals surface area contributed by atoms with Gasteiger partial charge in [0.1, 0.15) is 0 Å². The van der Waals surface area contributed by atoms with Gasteiger partial charge in [0.25, 0.3) is 0 Å². The maximum Gasteiger partial charge on any atom is 0.528 e. The summed E-state index contributed by atoms with van der Waals surface area (Å²) in [7, 11) is 2.40. The zero-order chi connectivity index (χ0) is 10.2. The highest BCUT2D eigenvalue weighted by Gasteiger charge is 2.33. The second-order valence-electron chi connectivity index (χ2n) is 2.76. The van der Waals surface area contributed by atoms with E-state index in [9.17, 15) is 0 Å². The van der Waals surface area contributed by atoms with Crippen LogP contribution in [0, 0.1) is 0 Å². The van der Waals surface area contributed by atoms with Crippen molar-refractivity contribution in [3.05, 3.63) is 11.8 Å². The van der Waals surface area contributed by atoms with Crippen LogP contribution in [0.1, 0.15) is 26.2 Å². The van der Waals surface area contributed by atoms with Gasteiger partial charge in [-0.15, -0.1) is 0 Å². The Hall–Kier alpha value is -0.163. The molecule has 0 spiro atoms. The predicted octanol–water partition coefficient (Wildman–Crippen LogP) is 2.15. The Balaban J connectivity index is 4.00. The van der Waals surface area contributed by atoms with Crippen LogP contribution in [0.15, 0.2) is 11.8 Å². The van der Waals surface area contributed by atoms with Crippen molar-refractivity contribution in [3.63, 3.8) is 0 Å². The number of hydrogen-bond donors (Lipinski definition) is 0. The van der Waals surface area contributed by atoms with Gasteiger partial charge in [0, 0.05) is 21.3 Å². The third-order valence-corrected chi connectivity index (χ3v) is 4.25. The molecule has 0 aromatic rings. The molecule has 0 amide bonds. The van der Waals surface area contributed by atoms with Crippen LogP contribution in [0.5, 0.6) is 0 Å². The molecule has 0 aromatic heterocycles. The maximum atomic E-state index is 5.22. The maximum absolute atomic E-state index is 5.22. The van der Waals surface area contributed by atoms with Crippen molar-refractivity contribution in [1.82, 2.24) is 0 Å². The molecule has 3 nitrogen and oxygen atoms in total. The van der Waals surface area contributed by atoms with Gasteiger partial charge in [-0.25, -0.2) is 0 Å². The molecule has 0 unspecified atom stereocenters. The average Bonchev–Trinajstić information content (AvgIpc) is 2.20. The van der Waals surface area contributed by atoms with Crippen molar-refractivity contribution in [3.8, 4) is 0 Å². The molecule has 0 saturated carbocycles. The second kappa shape index (κ2) is 7.26. The monoisotopic (exact) mass is 204 g/mol. The predicted molar refractivity (Wildman–Crippen MR) is 55.4 cm³/mol. The van der Waals surface area contributed by atoms with E-state index in [1.54, 1.807) is 21.3 Å². The molecular formula is C9H20O3Si. The van der Waals surface area contributed by atoms with Crippen molar-refractivity contribution in [2.24, 2.45) is 0 Å². The third kappa shape index (κ3) is 4.57. The summed E-state index contributed by atoms with van der Waals surface area (Å²) in [5.41, 5.74) is 1.93. The van der Waals surface area contributed by atoms with E-state index in [2.05, 4.69) is 13.0 Å². The molecule has 0 aliphatic rings. The fourth-order valence-electron chi connectivity index (χ4n) is 1.00. The number of rotatable bonds is 7. The number of unbranched alkanes of at least 4 members (excludes halogenated alkanes) is 2. The van der Waals surface area contributed by atoms with E-state index >= 15 is 0 Å². The summed E-state index contributed by atoms with van der Waals surface area (Å²) >= 11 is 0. The van der Waals surface area contributed by atoms with Gasteiger partial charge < -0.3 is 13.3 Å². The van der Waals surface area contributed by atoms with Gasteiger partial charge in [0.15, 0.2) is 0 Å². The smallest absolute Gasteiger partial charge is 0.374 e. The molecule has 0 fully saturated rings. The van der Waals surface area contributed by atoms with Crippen LogP contribution < -0.4 is 0 Å². The van der Waals surface area contributed by atoms with E-state index in [1.165, 1.54) is 12.8 Å². The van der Waals surface area contributed by atoms with Crippen LogP contribution in [0.4, 0.5) is 0 Å². The molecule has 0 aromatic carbocycles. The summed E-state index contributed by atoms with van der Waals surface area (Å²) in [6.45, 7) is 2.17. The first-order valence-corrected chi connectivity index (χ1v) is 6.38. The lowest BCUT2D eigenvalue weighted by Gasteiger charge is -2.20. The summed E-state index contributed by atoms with van der Waals surface area (Å²) in [5, 5.41) is 0. The minimum atomic E-state index is -2.45. The molecule has 13 heavy (non-hydrogen) atoms. The van der Waals surface area contributed by atoms with Crippen molar-refractivity contribution in [2.45, 2.75) is 26.2 Å². The number of hydrogen-bond acceptors (Lipinski definition) is 3. The van der Waals surface area contributed by atoms with Crippen LogP contribution in [0.3, 0.4) is 0 Å². The van der Waals surface area contributed by atoms with Gasteiger partial charge in [-0.1, -0.05) is 25.8 Å². The topological polar surface area (TPSA) is 27.7 Å². The fourth-order valence-corrected chi connectivity index (χ4v) is 2.37. The summed E-state index contributed by atoms with van der Waals surface area (Å²) in [6.07, 6.45) is 5.53. The first-order chi connectivity index (χ1) is 6.24. The second-order valence-corrected chi connectivity index (χ2v) is 5.53. The van der Waals surface area contributed by atoms with Gasteiger partial charge in [-0.2, -0.15) is 0 Å². The standard InChI is InChI=1S/C9H20O3Si/c1-5-6-7-8-9-13(10-2,11-3)12-4/h8-9H,5-7H2,1-4H3. The van der Waals surface area contributed by atoms with Gasteiger partial charge in [0.2, 0.25) is 0 Å². The molecule has 0 aliphatic heterocycles. The Bertz CT molecular complexity index is 136. The Kier molecular flexibility index (Phi) is 7.17. The van der Waals surface area contributed by atoms with Gasteiger partial charge in [0.05, 0.1) is 0 Å². The molecule has 0 rings (SSSR count). The summed E-state index contributed by atoms with van der Waals surface area (Å²) in [5.74, 6) is 0. The Morgan fingerprint density at radius 2 is 1.62 bits per heavy atom. The normalized spacial score (nSPS) is 12.6. The minimum Gasteiger partial charge on any atom is -0.374 e. The van der Waals surface area contributed by atoms with E-state index in [0.29, 0.717) is 0 Å². The quantitative estimate of drug-likeness (QED) is 0.470. The van der Waals surface area contributed by atoms with E-state index in [0.717, 1.165) is 6.42 Å². The van der Waals surface area contributed by atoms with E-state index in [1.807, 2.05) is 5.70 Å². The fraction of sp³-hybridized carbons (Fsp3) is 0.778. The summed E-state index contributed by atoms with van der Waals surface area (Å²) in [4.78, 5) is 0. The van der Waals surface area contributed by atoms with Crippen molar-refractivity contribution in [1.29, 1.82) is 0 Å². The zero-order valence-corrected chi connectivity index (χ0v) is 10.0. The first kappa shape index (κ1) is 12.8. The molecule has 4 heteroatoms. The molecule has 0 heterocycles. The largest absolute Gasteiger partial charge is 0.528 e. The molecule has 0 aliphatic carbocycles. The van der Waals surface area contributed by atoms with Crippen LogP contribution in [0.2, 0.25) is 0 Å². The highest BCUT2D eigenvalue weighted by Crippen LogP contribution is 2.08. The molecule has 78 valence electrons. The number of allylic oxidation sites excluding steroid dienone is 1. The molecule has 0 radical (unpaired) electrons. The van der Waals surface area contributed by atoms with Gasteiger partial charge in [-0.3, -0.25) is 0 Å². The van der Waals surface area contributed by atoms with Gasteiger partial charge in [-0.05, 0) is 12.1 Å². The summed E-state index contributed by atoms with van der Waals surface area (Å²) in [6, 6.07) is 0. The van der Waals surface area contributed by atoms with Gasteiger partial charge >= 0.3 is 8.80 Å². The molecule has 0 saturated heterocycles. The van der Waals surface area contributed by atoms with Crippen molar-refractivity contribution < 1.29 is 13.3 Å². The minimum absolute atomic E-state index is 1.06. The lowest BCUT2D eigenvalue weighted by Crippen LogP contribution is -2.40. The molecule has 0 N–H and O–H groups in total. The molecule has 0 atom stereocenters. The molecule has 0 bridgehead atoms. The Morgan fingerprint density at radius 3 is 2.00 bits per heavy atom. The SMILES string of the molecule is CCCCC=C[Si](OC)(OC)OC. The summed E-state index contributed by atoms with van der Waals surface area (Å²) < 4.78 is 15.7. The lowest BCUT2D eigenvalue weighted by molar-refractivity contribution is 0.138. The van der Waals surface area contributed by atoms with Crippen LogP contribution in [-0.2, 0) is 13.3 Å².